The molecule has 3 fully saturated rings. The van der Waals surface area contributed by atoms with Crippen molar-refractivity contribution in [3.63, 3.8) is 0 Å². The van der Waals surface area contributed by atoms with Crippen LogP contribution in [0.15, 0.2) is 41.9 Å². The fourth-order valence-electron chi connectivity index (χ4n) is 5.52. The number of fused-ring (bicyclic) bond motifs is 2. The standard InChI is InChI=1S/C22H32N6O/c23-19(16-3-1-2-4-21(16)29)9-20-22(24)26-10-14-12-27(7-8-28(14)20)13-18-15-5-6-25-11-17(15)18/h1-4,9,14-15,17-18,25-26,29H,5-8,10-13,23-24H2/b19-9-. The minimum absolute atomic E-state index is 0.186. The number of phenols is 1. The first kappa shape index (κ1) is 18.6. The average molecular weight is 397 g/mol. The summed E-state index contributed by atoms with van der Waals surface area (Å²) in [5.74, 6) is 3.58. The van der Waals surface area contributed by atoms with Crippen molar-refractivity contribution in [1.82, 2.24) is 20.4 Å². The van der Waals surface area contributed by atoms with Crippen LogP contribution < -0.4 is 22.1 Å². The molecule has 1 aliphatic carbocycles. The highest BCUT2D eigenvalue weighted by Gasteiger charge is 2.51. The van der Waals surface area contributed by atoms with Gasteiger partial charge >= 0.3 is 0 Å². The molecule has 4 aliphatic rings. The number of benzene rings is 1. The van der Waals surface area contributed by atoms with Crippen molar-refractivity contribution >= 4 is 5.70 Å². The summed E-state index contributed by atoms with van der Waals surface area (Å²) in [7, 11) is 0. The summed E-state index contributed by atoms with van der Waals surface area (Å²) >= 11 is 0. The van der Waals surface area contributed by atoms with Gasteiger partial charge in [0.25, 0.3) is 0 Å². The van der Waals surface area contributed by atoms with Crippen molar-refractivity contribution in [2.75, 3.05) is 45.8 Å². The van der Waals surface area contributed by atoms with Crippen molar-refractivity contribution in [1.29, 1.82) is 0 Å². The van der Waals surface area contributed by atoms with E-state index in [1.54, 1.807) is 12.1 Å². The van der Waals surface area contributed by atoms with Gasteiger partial charge < -0.3 is 32.1 Å². The number of allylic oxidation sites excluding steroid dienone is 1. The molecule has 4 atom stereocenters. The summed E-state index contributed by atoms with van der Waals surface area (Å²) in [5, 5.41) is 17.0. The zero-order chi connectivity index (χ0) is 20.0. The highest BCUT2D eigenvalue weighted by Crippen LogP contribution is 2.50. The number of nitrogens with two attached hydrogens (primary N) is 2. The van der Waals surface area contributed by atoms with Crippen LogP contribution in [0.4, 0.5) is 0 Å². The number of para-hydroxylation sites is 1. The second-order valence-electron chi connectivity index (χ2n) is 8.89. The molecule has 0 bridgehead atoms. The number of piperazine rings is 1. The van der Waals surface area contributed by atoms with Crippen molar-refractivity contribution in [3.8, 4) is 5.75 Å². The number of hydrogen-bond acceptors (Lipinski definition) is 7. The van der Waals surface area contributed by atoms with Gasteiger partial charge in [-0.05, 0) is 55.5 Å². The van der Waals surface area contributed by atoms with E-state index in [2.05, 4.69) is 20.4 Å². The van der Waals surface area contributed by atoms with E-state index in [4.69, 9.17) is 11.5 Å². The number of phenolic OH excluding ortho intramolecular Hbond substituents is 1. The average Bonchev–Trinajstić information content (AvgIpc) is 3.43. The van der Waals surface area contributed by atoms with E-state index < -0.39 is 0 Å². The maximum absolute atomic E-state index is 10.1. The van der Waals surface area contributed by atoms with Gasteiger partial charge in [-0.1, -0.05) is 12.1 Å². The number of aromatic hydroxyl groups is 1. The smallest absolute Gasteiger partial charge is 0.124 e. The predicted octanol–water partition coefficient (Wildman–Crippen LogP) is 0.265. The van der Waals surface area contributed by atoms with E-state index in [1.165, 1.54) is 26.1 Å². The molecular weight excluding hydrogens is 364 g/mol. The Morgan fingerprint density at radius 1 is 1.21 bits per heavy atom. The first-order valence-corrected chi connectivity index (χ1v) is 10.8. The van der Waals surface area contributed by atoms with Crippen LogP contribution in [0.25, 0.3) is 5.70 Å². The maximum Gasteiger partial charge on any atom is 0.124 e. The van der Waals surface area contributed by atoms with Gasteiger partial charge in [0.05, 0.1) is 11.7 Å². The molecule has 2 saturated heterocycles. The normalized spacial score (nSPS) is 32.4. The van der Waals surface area contributed by atoms with E-state index in [0.717, 1.165) is 49.6 Å². The lowest BCUT2D eigenvalue weighted by Gasteiger charge is -2.46. The molecule has 0 spiro atoms. The lowest BCUT2D eigenvalue weighted by atomic mass is 10.0. The van der Waals surface area contributed by atoms with Crippen LogP contribution in [0.2, 0.25) is 0 Å². The lowest BCUT2D eigenvalue weighted by molar-refractivity contribution is 0.0902. The Hall–Kier alpha value is -2.38. The van der Waals surface area contributed by atoms with Crippen LogP contribution in [0.1, 0.15) is 12.0 Å². The van der Waals surface area contributed by atoms with E-state index in [1.807, 2.05) is 18.2 Å². The van der Waals surface area contributed by atoms with Gasteiger partial charge in [0.2, 0.25) is 0 Å². The summed E-state index contributed by atoms with van der Waals surface area (Å²) in [6.45, 7) is 7.54. The zero-order valence-electron chi connectivity index (χ0n) is 16.8. The molecular formula is C22H32N6O. The molecule has 0 radical (unpaired) electrons. The third-order valence-corrected chi connectivity index (χ3v) is 7.20. The first-order chi connectivity index (χ1) is 14.1. The maximum atomic E-state index is 10.1. The zero-order valence-corrected chi connectivity index (χ0v) is 16.8. The molecule has 3 aliphatic heterocycles. The third kappa shape index (κ3) is 3.53. The van der Waals surface area contributed by atoms with Gasteiger partial charge in [0.15, 0.2) is 0 Å². The molecule has 0 aromatic heterocycles. The molecule has 1 saturated carbocycles. The van der Waals surface area contributed by atoms with Gasteiger partial charge in [-0.25, -0.2) is 0 Å². The van der Waals surface area contributed by atoms with Crippen molar-refractivity contribution < 1.29 is 5.11 Å². The fraction of sp³-hybridized carbons (Fsp3) is 0.545. The van der Waals surface area contributed by atoms with Gasteiger partial charge in [-0.2, -0.15) is 0 Å². The van der Waals surface area contributed by atoms with Crippen LogP contribution in [-0.2, 0) is 0 Å². The van der Waals surface area contributed by atoms with Crippen molar-refractivity contribution in [2.45, 2.75) is 12.5 Å². The van der Waals surface area contributed by atoms with Gasteiger partial charge in [-0.3, -0.25) is 4.90 Å². The Morgan fingerprint density at radius 3 is 2.86 bits per heavy atom. The Labute approximate surface area is 172 Å². The summed E-state index contributed by atoms with van der Waals surface area (Å²) < 4.78 is 0. The third-order valence-electron chi connectivity index (χ3n) is 7.20. The SMILES string of the molecule is NC1=C(/C=C(\N)c2ccccc2O)N2CCN(CC3C4CCNCC43)CC2CN1. The number of rotatable bonds is 4. The molecule has 3 heterocycles. The fourth-order valence-corrected chi connectivity index (χ4v) is 5.52. The molecule has 0 amide bonds. The highest BCUT2D eigenvalue weighted by molar-refractivity contribution is 5.70. The molecule has 5 rings (SSSR count). The van der Waals surface area contributed by atoms with Crippen molar-refractivity contribution in [2.24, 2.45) is 29.2 Å². The van der Waals surface area contributed by atoms with Crippen LogP contribution >= 0.6 is 0 Å². The Kier molecular flexibility index (Phi) is 4.80. The lowest BCUT2D eigenvalue weighted by Crippen LogP contribution is -2.59. The molecule has 7 heteroatoms. The molecule has 156 valence electrons. The van der Waals surface area contributed by atoms with E-state index in [9.17, 15) is 5.11 Å². The van der Waals surface area contributed by atoms with Crippen LogP contribution in [-0.4, -0.2) is 66.8 Å². The summed E-state index contributed by atoms with van der Waals surface area (Å²) in [5.41, 5.74) is 14.7. The number of piperidine rings is 1. The molecule has 1 aromatic rings. The molecule has 7 nitrogen and oxygen atoms in total. The van der Waals surface area contributed by atoms with Gasteiger partial charge in [-0.15, -0.1) is 0 Å². The Morgan fingerprint density at radius 2 is 2.07 bits per heavy atom. The summed E-state index contributed by atoms with van der Waals surface area (Å²) in [4.78, 5) is 5.03. The Balaban J connectivity index is 1.28. The van der Waals surface area contributed by atoms with Gasteiger partial charge in [0.1, 0.15) is 11.6 Å². The van der Waals surface area contributed by atoms with E-state index >= 15 is 0 Å². The van der Waals surface area contributed by atoms with Crippen LogP contribution in [0, 0.1) is 17.8 Å². The highest BCUT2D eigenvalue weighted by atomic mass is 16.3. The molecule has 1 aromatic carbocycles. The minimum Gasteiger partial charge on any atom is -0.507 e. The van der Waals surface area contributed by atoms with E-state index in [-0.39, 0.29) is 5.75 Å². The van der Waals surface area contributed by atoms with Gasteiger partial charge in [0, 0.05) is 44.0 Å². The first-order valence-electron chi connectivity index (χ1n) is 10.8. The summed E-state index contributed by atoms with van der Waals surface area (Å²) in [6.07, 6.45) is 3.25. The number of nitrogens with zero attached hydrogens (tertiary/aromatic N) is 2. The minimum atomic E-state index is 0.186. The van der Waals surface area contributed by atoms with Crippen molar-refractivity contribution in [3.05, 3.63) is 47.4 Å². The topological polar surface area (TPSA) is 103 Å². The molecule has 7 N–H and O–H groups in total. The molecule has 4 unspecified atom stereocenters. The second kappa shape index (κ2) is 7.46. The predicted molar refractivity (Wildman–Crippen MR) is 114 cm³/mol. The monoisotopic (exact) mass is 396 g/mol. The largest absolute Gasteiger partial charge is 0.507 e. The quantitative estimate of drug-likeness (QED) is 0.498. The number of nitrogens with one attached hydrogen (secondary N) is 2. The van der Waals surface area contributed by atoms with E-state index in [0.29, 0.717) is 23.1 Å². The molecule has 29 heavy (non-hydrogen) atoms. The van der Waals surface area contributed by atoms with Crippen LogP contribution in [0.3, 0.4) is 0 Å². The second-order valence-corrected chi connectivity index (χ2v) is 8.89. The van der Waals surface area contributed by atoms with Crippen LogP contribution in [0.5, 0.6) is 5.75 Å². The summed E-state index contributed by atoms with van der Waals surface area (Å²) in [6, 6.07) is 7.54. The Bertz CT molecular complexity index is 824. The number of hydrogen-bond donors (Lipinski definition) is 5.